The number of halogens is 1. The number of anilines is 2. The Morgan fingerprint density at radius 3 is 2.68 bits per heavy atom. The van der Waals surface area contributed by atoms with Crippen molar-refractivity contribution in [3.05, 3.63) is 52.3 Å². The number of nitrogens with one attached hydrogen (secondary N) is 1. The van der Waals surface area contributed by atoms with Gasteiger partial charge in [-0.2, -0.15) is 5.10 Å². The van der Waals surface area contributed by atoms with Crippen LogP contribution in [0.1, 0.15) is 60.3 Å². The standard InChI is InChI=1S/C27H34ClN7O2/c1-17-10-12-33(15-17)25-18(2)16-35-24(30-25)14-22(31-35)23-7-5-6-11-34(23)26(36)20-13-19(28)8-9-21(20)29-27(37)32(3)4/h8-9,13-14,16-17,23H,5-7,10-12,15H2,1-4H3,(H,29,37)/t17-,23-/m0/s1. The lowest BCUT2D eigenvalue weighted by Gasteiger charge is -2.35. The van der Waals surface area contributed by atoms with Crippen LogP contribution in [0.25, 0.3) is 5.65 Å². The van der Waals surface area contributed by atoms with E-state index in [1.165, 1.54) is 11.3 Å². The minimum absolute atomic E-state index is 0.172. The third-order valence-electron chi connectivity index (χ3n) is 7.31. The number of aryl methyl sites for hydroxylation is 1. The largest absolute Gasteiger partial charge is 0.356 e. The van der Waals surface area contributed by atoms with E-state index < -0.39 is 0 Å². The average Bonchev–Trinajstić information content (AvgIpc) is 3.49. The molecule has 0 spiro atoms. The lowest BCUT2D eigenvalue weighted by atomic mass is 9.98. The number of fused-ring (bicyclic) bond motifs is 1. The fourth-order valence-electron chi connectivity index (χ4n) is 5.30. The third-order valence-corrected chi connectivity index (χ3v) is 7.55. The highest BCUT2D eigenvalue weighted by atomic mass is 35.5. The van der Waals surface area contributed by atoms with E-state index in [1.54, 1.807) is 32.3 Å². The van der Waals surface area contributed by atoms with Gasteiger partial charge < -0.3 is 20.0 Å². The molecule has 2 saturated heterocycles. The van der Waals surface area contributed by atoms with Crippen LogP contribution < -0.4 is 10.2 Å². The van der Waals surface area contributed by atoms with Crippen molar-refractivity contribution >= 4 is 40.7 Å². The van der Waals surface area contributed by atoms with Crippen molar-refractivity contribution in [3.8, 4) is 0 Å². The fourth-order valence-corrected chi connectivity index (χ4v) is 5.47. The average molecular weight is 524 g/mol. The van der Waals surface area contributed by atoms with Crippen molar-refractivity contribution in [2.24, 2.45) is 5.92 Å². The number of nitrogens with zero attached hydrogens (tertiary/aromatic N) is 6. The van der Waals surface area contributed by atoms with Gasteiger partial charge in [-0.3, -0.25) is 4.79 Å². The lowest BCUT2D eigenvalue weighted by Crippen LogP contribution is -2.39. The highest BCUT2D eigenvalue weighted by Crippen LogP contribution is 2.34. The van der Waals surface area contributed by atoms with Crippen LogP contribution in [-0.2, 0) is 0 Å². The molecule has 0 unspecified atom stereocenters. The maximum atomic E-state index is 13.9. The van der Waals surface area contributed by atoms with Crippen molar-refractivity contribution in [1.82, 2.24) is 24.4 Å². The maximum absolute atomic E-state index is 13.9. The van der Waals surface area contributed by atoms with E-state index in [-0.39, 0.29) is 18.0 Å². The van der Waals surface area contributed by atoms with Gasteiger partial charge >= 0.3 is 6.03 Å². The van der Waals surface area contributed by atoms with E-state index in [0.717, 1.165) is 55.1 Å². The van der Waals surface area contributed by atoms with Crippen molar-refractivity contribution in [1.29, 1.82) is 0 Å². The molecule has 3 amide bonds. The summed E-state index contributed by atoms with van der Waals surface area (Å²) >= 11 is 6.28. The van der Waals surface area contributed by atoms with Gasteiger partial charge in [-0.05, 0) is 56.7 Å². The summed E-state index contributed by atoms with van der Waals surface area (Å²) in [6, 6.07) is 6.48. The van der Waals surface area contributed by atoms with Crippen molar-refractivity contribution < 1.29 is 9.59 Å². The zero-order valence-corrected chi connectivity index (χ0v) is 22.6. The van der Waals surface area contributed by atoms with Crippen LogP contribution in [0.3, 0.4) is 0 Å². The predicted molar refractivity (Wildman–Crippen MR) is 146 cm³/mol. The van der Waals surface area contributed by atoms with E-state index in [4.69, 9.17) is 21.7 Å². The molecule has 2 fully saturated rings. The Labute approximate surface area is 222 Å². The molecule has 1 N–H and O–H groups in total. The quantitative estimate of drug-likeness (QED) is 0.520. The fraction of sp³-hybridized carbons (Fsp3) is 0.481. The van der Waals surface area contributed by atoms with Gasteiger partial charge in [-0.15, -0.1) is 0 Å². The number of carbonyl (C=O) groups is 2. The van der Waals surface area contributed by atoms with Gasteiger partial charge in [0.1, 0.15) is 5.82 Å². The molecular weight excluding hydrogens is 490 g/mol. The predicted octanol–water partition coefficient (Wildman–Crippen LogP) is 5.00. The summed E-state index contributed by atoms with van der Waals surface area (Å²) in [5.74, 6) is 1.51. The Bertz CT molecular complexity index is 1340. The Hall–Kier alpha value is -3.33. The second-order valence-corrected chi connectivity index (χ2v) is 10.9. The van der Waals surface area contributed by atoms with Gasteiger partial charge in [0, 0.05) is 56.6 Å². The molecule has 0 bridgehead atoms. The molecule has 5 rings (SSSR count). The zero-order valence-electron chi connectivity index (χ0n) is 21.9. The smallest absolute Gasteiger partial charge is 0.321 e. The number of carbonyl (C=O) groups excluding carboxylic acids is 2. The summed E-state index contributed by atoms with van der Waals surface area (Å²) in [4.78, 5) is 36.8. The Morgan fingerprint density at radius 1 is 1.14 bits per heavy atom. The van der Waals surface area contributed by atoms with Gasteiger partial charge in [0.2, 0.25) is 0 Å². The van der Waals surface area contributed by atoms with Gasteiger partial charge in [0.05, 0.1) is 23.0 Å². The monoisotopic (exact) mass is 523 g/mol. The maximum Gasteiger partial charge on any atom is 0.321 e. The number of benzene rings is 1. The van der Waals surface area contributed by atoms with E-state index >= 15 is 0 Å². The number of urea groups is 1. The second kappa shape index (κ2) is 10.2. The number of amides is 3. The molecule has 196 valence electrons. The molecule has 2 aliphatic rings. The molecule has 0 aliphatic carbocycles. The van der Waals surface area contributed by atoms with E-state index in [0.29, 0.717) is 28.7 Å². The summed E-state index contributed by atoms with van der Waals surface area (Å²) in [7, 11) is 3.31. The third kappa shape index (κ3) is 5.09. The lowest BCUT2D eigenvalue weighted by molar-refractivity contribution is 0.0607. The molecule has 3 aromatic rings. The number of aromatic nitrogens is 3. The molecule has 10 heteroatoms. The molecule has 1 aromatic carbocycles. The summed E-state index contributed by atoms with van der Waals surface area (Å²) in [5.41, 5.74) is 3.52. The molecule has 2 atom stereocenters. The van der Waals surface area contributed by atoms with Gasteiger partial charge in [0.15, 0.2) is 5.65 Å². The molecular formula is C27H34ClN7O2. The highest BCUT2D eigenvalue weighted by Gasteiger charge is 2.32. The van der Waals surface area contributed by atoms with Crippen molar-refractivity contribution in [2.45, 2.75) is 45.6 Å². The van der Waals surface area contributed by atoms with Crippen LogP contribution in [0.5, 0.6) is 0 Å². The number of hydrogen-bond donors (Lipinski definition) is 1. The highest BCUT2D eigenvalue weighted by molar-refractivity contribution is 6.31. The van der Waals surface area contributed by atoms with Crippen molar-refractivity contribution in [3.63, 3.8) is 0 Å². The zero-order chi connectivity index (χ0) is 26.3. The van der Waals surface area contributed by atoms with E-state index in [1.807, 2.05) is 21.7 Å². The van der Waals surface area contributed by atoms with Crippen LogP contribution in [0.15, 0.2) is 30.5 Å². The first kappa shape index (κ1) is 25.3. The molecule has 4 heterocycles. The van der Waals surface area contributed by atoms with Crippen LogP contribution in [0, 0.1) is 12.8 Å². The number of hydrogen-bond acceptors (Lipinski definition) is 5. The molecule has 2 aliphatic heterocycles. The second-order valence-electron chi connectivity index (χ2n) is 10.5. The minimum atomic E-state index is -0.309. The summed E-state index contributed by atoms with van der Waals surface area (Å²) in [6.45, 7) is 6.99. The molecule has 0 radical (unpaired) electrons. The van der Waals surface area contributed by atoms with Crippen LogP contribution in [0.4, 0.5) is 16.3 Å². The molecule has 2 aromatic heterocycles. The van der Waals surface area contributed by atoms with Gasteiger partial charge in [-0.25, -0.2) is 14.3 Å². The van der Waals surface area contributed by atoms with Crippen LogP contribution in [0.2, 0.25) is 5.02 Å². The topological polar surface area (TPSA) is 86.1 Å². The number of rotatable bonds is 4. The minimum Gasteiger partial charge on any atom is -0.356 e. The van der Waals surface area contributed by atoms with E-state index in [9.17, 15) is 9.59 Å². The van der Waals surface area contributed by atoms with Crippen LogP contribution >= 0.6 is 11.6 Å². The summed E-state index contributed by atoms with van der Waals surface area (Å²) in [5, 5.41) is 8.12. The first-order chi connectivity index (χ1) is 17.7. The number of likely N-dealkylation sites (tertiary alicyclic amines) is 1. The van der Waals surface area contributed by atoms with Crippen molar-refractivity contribution in [2.75, 3.05) is 43.9 Å². The molecule has 0 saturated carbocycles. The van der Waals surface area contributed by atoms with Gasteiger partial charge in [-0.1, -0.05) is 18.5 Å². The Balaban J connectivity index is 1.47. The Morgan fingerprint density at radius 2 is 1.95 bits per heavy atom. The Kier molecular flexibility index (Phi) is 6.98. The SMILES string of the molecule is Cc1cn2nc([C@@H]3CCCCN3C(=O)c3cc(Cl)ccc3NC(=O)N(C)C)cc2nc1N1CC[C@H](C)C1. The van der Waals surface area contributed by atoms with Crippen LogP contribution in [-0.4, -0.2) is 70.1 Å². The normalized spacial score (nSPS) is 19.9. The molecule has 37 heavy (non-hydrogen) atoms. The summed E-state index contributed by atoms with van der Waals surface area (Å²) < 4.78 is 1.83. The van der Waals surface area contributed by atoms with Gasteiger partial charge in [0.25, 0.3) is 5.91 Å². The van der Waals surface area contributed by atoms with E-state index in [2.05, 4.69) is 24.1 Å². The first-order valence-electron chi connectivity index (χ1n) is 12.9. The molecule has 9 nitrogen and oxygen atoms in total. The summed E-state index contributed by atoms with van der Waals surface area (Å²) in [6.07, 6.45) is 5.93. The number of piperidine rings is 1. The first-order valence-corrected chi connectivity index (χ1v) is 13.3.